The highest BCUT2D eigenvalue weighted by Crippen LogP contribution is 2.38. The van der Waals surface area contributed by atoms with E-state index in [1.807, 2.05) is 25.7 Å². The van der Waals surface area contributed by atoms with Gasteiger partial charge in [0.2, 0.25) is 0 Å². The van der Waals surface area contributed by atoms with Crippen molar-refractivity contribution in [1.82, 2.24) is 14.8 Å². The van der Waals surface area contributed by atoms with Crippen molar-refractivity contribution >= 4 is 11.8 Å². The van der Waals surface area contributed by atoms with Crippen LogP contribution in [-0.4, -0.2) is 79.3 Å². The smallest absolute Gasteiger partial charge is 0.325 e. The first-order valence-corrected chi connectivity index (χ1v) is 14.9. The third-order valence-electron chi connectivity index (χ3n) is 8.55. The van der Waals surface area contributed by atoms with Gasteiger partial charge in [0.1, 0.15) is 17.6 Å². The fourth-order valence-corrected chi connectivity index (χ4v) is 6.11. The Morgan fingerprint density at radius 2 is 2.00 bits per heavy atom. The maximum atomic E-state index is 15.0. The first-order chi connectivity index (χ1) is 19.5. The van der Waals surface area contributed by atoms with E-state index in [2.05, 4.69) is 23.3 Å². The molecule has 2 aliphatic heterocycles. The summed E-state index contributed by atoms with van der Waals surface area (Å²) in [6.45, 7) is 9.12. The first kappa shape index (κ1) is 31.0. The number of carboxylic acid groups (broad SMARTS) is 1. The van der Waals surface area contributed by atoms with Gasteiger partial charge >= 0.3 is 5.97 Å². The van der Waals surface area contributed by atoms with Crippen molar-refractivity contribution in [1.29, 1.82) is 0 Å². The summed E-state index contributed by atoms with van der Waals surface area (Å²) in [6.07, 6.45) is 7.09. The van der Waals surface area contributed by atoms with E-state index in [1.54, 1.807) is 13.2 Å². The van der Waals surface area contributed by atoms with Crippen molar-refractivity contribution in [3.05, 3.63) is 46.4 Å². The predicted octanol–water partition coefficient (Wildman–Crippen LogP) is 5.44. The van der Waals surface area contributed by atoms with Crippen LogP contribution in [-0.2, 0) is 23.1 Å². The van der Waals surface area contributed by atoms with Crippen LogP contribution in [0, 0.1) is 5.82 Å². The van der Waals surface area contributed by atoms with Gasteiger partial charge in [-0.2, -0.15) is 0 Å². The minimum atomic E-state index is -0.986. The molecule has 1 fully saturated rings. The van der Waals surface area contributed by atoms with Crippen LogP contribution < -0.4 is 14.8 Å². The zero-order valence-corrected chi connectivity index (χ0v) is 25.6. The molecule has 0 bridgehead atoms. The van der Waals surface area contributed by atoms with Gasteiger partial charge in [-0.3, -0.25) is 9.69 Å². The normalized spacial score (nSPS) is 18.2. The van der Waals surface area contributed by atoms with Crippen LogP contribution in [0.15, 0.2) is 18.2 Å². The number of unbranched alkanes of at least 4 members (excludes halogenated alkanes) is 2. The number of benzene rings is 1. The largest absolute Gasteiger partial charge is 0.496 e. The van der Waals surface area contributed by atoms with E-state index in [-0.39, 0.29) is 17.2 Å². The molecule has 2 aliphatic rings. The number of aliphatic carboxylic acids is 1. The quantitative estimate of drug-likeness (QED) is 0.327. The maximum Gasteiger partial charge on any atom is 0.325 e. The fourth-order valence-electron chi connectivity index (χ4n) is 6.11. The van der Waals surface area contributed by atoms with E-state index >= 15 is 4.39 Å². The second kappa shape index (κ2) is 13.4. The number of carboxylic acids is 1. The van der Waals surface area contributed by atoms with Crippen LogP contribution in [0.3, 0.4) is 0 Å². The lowest BCUT2D eigenvalue weighted by atomic mass is 9.84. The number of hydrogen-bond acceptors (Lipinski definition) is 7. The first-order valence-electron chi connectivity index (χ1n) is 14.9. The molecule has 0 unspecified atom stereocenters. The van der Waals surface area contributed by atoms with E-state index < -0.39 is 17.8 Å². The number of nitrogens with zero attached hydrogens (tertiary/aromatic N) is 3. The molecule has 2 N–H and O–H groups in total. The van der Waals surface area contributed by atoms with Crippen molar-refractivity contribution < 1.29 is 23.8 Å². The van der Waals surface area contributed by atoms with Crippen LogP contribution in [0.1, 0.15) is 81.3 Å². The topological polar surface area (TPSA) is 87.2 Å². The minimum Gasteiger partial charge on any atom is -0.496 e. The average molecular weight is 571 g/mol. The Bertz CT molecular complexity index is 1200. The fraction of sp³-hybridized carbons (Fsp3) is 0.625. The van der Waals surface area contributed by atoms with Crippen LogP contribution >= 0.6 is 0 Å². The number of rotatable bonds is 12. The number of methoxy groups -OCH3 is 2. The lowest BCUT2D eigenvalue weighted by Crippen LogP contribution is -2.38. The zero-order chi connectivity index (χ0) is 29.7. The number of aryl methyl sites for hydroxylation is 1. The molecule has 41 heavy (non-hydrogen) atoms. The Morgan fingerprint density at radius 3 is 2.68 bits per heavy atom. The summed E-state index contributed by atoms with van der Waals surface area (Å²) in [5.41, 5.74) is 3.07. The Labute approximate surface area is 244 Å². The van der Waals surface area contributed by atoms with E-state index in [0.717, 1.165) is 80.9 Å². The second-order valence-corrected chi connectivity index (χ2v) is 12.5. The van der Waals surface area contributed by atoms with Crippen LogP contribution in [0.5, 0.6) is 11.5 Å². The summed E-state index contributed by atoms with van der Waals surface area (Å²) in [6, 6.07) is 4.63. The lowest BCUT2D eigenvalue weighted by Gasteiger charge is -2.30. The van der Waals surface area contributed by atoms with Gasteiger partial charge in [0.25, 0.3) is 0 Å². The van der Waals surface area contributed by atoms with E-state index in [9.17, 15) is 9.90 Å². The number of halogens is 1. The van der Waals surface area contributed by atoms with Crippen molar-refractivity contribution in [2.75, 3.05) is 52.8 Å². The summed E-state index contributed by atoms with van der Waals surface area (Å²) in [7, 11) is 5.24. The number of nitrogens with one attached hydrogen (secondary N) is 1. The minimum absolute atomic E-state index is 0.0176. The number of aromatic nitrogens is 1. The summed E-state index contributed by atoms with van der Waals surface area (Å²) >= 11 is 0. The van der Waals surface area contributed by atoms with E-state index in [1.165, 1.54) is 18.7 Å². The molecule has 1 aromatic carbocycles. The third-order valence-corrected chi connectivity index (χ3v) is 8.55. The maximum absolute atomic E-state index is 15.0. The Hall–Kier alpha value is -2.91. The van der Waals surface area contributed by atoms with Gasteiger partial charge in [0.15, 0.2) is 11.6 Å². The molecule has 2 atom stereocenters. The summed E-state index contributed by atoms with van der Waals surface area (Å²) in [5.74, 6) is 0.423. The summed E-state index contributed by atoms with van der Waals surface area (Å²) < 4.78 is 26.0. The van der Waals surface area contributed by atoms with Crippen molar-refractivity contribution in [2.45, 2.75) is 83.2 Å². The van der Waals surface area contributed by atoms with Gasteiger partial charge in [0.05, 0.1) is 14.2 Å². The van der Waals surface area contributed by atoms with Crippen molar-refractivity contribution in [3.8, 4) is 11.5 Å². The Balaban J connectivity index is 1.32. The SMILES string of the molecule is COc1cc(CCCCCN(C)[C@@H]2CCN([C@H](C(=O)O)c3cc(C(C)(C)C)cc(F)c3OC)C2)nc2c1CCCN2. The third kappa shape index (κ3) is 7.30. The molecule has 3 heterocycles. The van der Waals surface area contributed by atoms with Crippen LogP contribution in [0.2, 0.25) is 0 Å². The monoisotopic (exact) mass is 570 g/mol. The zero-order valence-electron chi connectivity index (χ0n) is 25.6. The van der Waals surface area contributed by atoms with Gasteiger partial charge in [-0.25, -0.2) is 9.37 Å². The molecule has 0 spiro atoms. The number of pyridine rings is 1. The molecule has 2 aromatic rings. The number of carbonyl (C=O) groups is 1. The number of hydrogen-bond donors (Lipinski definition) is 2. The molecule has 9 heteroatoms. The Morgan fingerprint density at radius 1 is 1.22 bits per heavy atom. The molecule has 4 rings (SSSR count). The van der Waals surface area contributed by atoms with E-state index in [0.29, 0.717) is 18.7 Å². The molecule has 0 aliphatic carbocycles. The molecule has 1 aromatic heterocycles. The van der Waals surface area contributed by atoms with Gasteiger partial charge in [-0.05, 0) is 75.2 Å². The molecular formula is C32H47FN4O4. The number of anilines is 1. The molecular weight excluding hydrogens is 523 g/mol. The molecule has 0 radical (unpaired) electrons. The van der Waals surface area contributed by atoms with Crippen molar-refractivity contribution in [3.63, 3.8) is 0 Å². The van der Waals surface area contributed by atoms with Crippen LogP contribution in [0.4, 0.5) is 10.2 Å². The highest BCUT2D eigenvalue weighted by atomic mass is 19.1. The van der Waals surface area contributed by atoms with E-state index in [4.69, 9.17) is 14.5 Å². The number of likely N-dealkylation sites (tertiary alicyclic amines) is 1. The highest BCUT2D eigenvalue weighted by Gasteiger charge is 2.38. The average Bonchev–Trinajstić information content (AvgIpc) is 3.41. The number of fused-ring (bicyclic) bond motifs is 1. The summed E-state index contributed by atoms with van der Waals surface area (Å²) in [4.78, 5) is 21.7. The molecule has 8 nitrogen and oxygen atoms in total. The second-order valence-electron chi connectivity index (χ2n) is 12.5. The van der Waals surface area contributed by atoms with Gasteiger partial charge in [-0.15, -0.1) is 0 Å². The number of likely N-dealkylation sites (N-methyl/N-ethyl adjacent to an activating group) is 1. The molecule has 226 valence electrons. The van der Waals surface area contributed by atoms with Crippen molar-refractivity contribution in [2.24, 2.45) is 0 Å². The van der Waals surface area contributed by atoms with Gasteiger partial charge in [-0.1, -0.05) is 27.2 Å². The molecule has 0 saturated carbocycles. The number of ether oxygens (including phenoxy) is 2. The van der Waals surface area contributed by atoms with Gasteiger partial charge < -0.3 is 24.8 Å². The lowest BCUT2D eigenvalue weighted by molar-refractivity contribution is -0.143. The summed E-state index contributed by atoms with van der Waals surface area (Å²) in [5, 5.41) is 13.7. The molecule has 0 amide bonds. The van der Waals surface area contributed by atoms with Crippen LogP contribution in [0.25, 0.3) is 0 Å². The Kier molecular flexibility index (Phi) is 10.1. The predicted molar refractivity (Wildman–Crippen MR) is 160 cm³/mol. The molecule has 1 saturated heterocycles. The standard InChI is InChI=1S/C32H47FN4O4/c1-32(2,3)21-17-25(29(41-6)26(33)18-21)28(31(38)39)37-16-13-23(20-37)36(4)15-9-7-8-11-22-19-27(40-5)24-12-10-14-34-30(24)35-22/h17-19,23,28H,7-16,20H2,1-6H3,(H,34,35)(H,38,39)/t23-,28+/m1/s1. The highest BCUT2D eigenvalue weighted by molar-refractivity contribution is 5.77. The van der Waals surface area contributed by atoms with Gasteiger partial charge in [0, 0.05) is 48.6 Å².